The summed E-state index contributed by atoms with van der Waals surface area (Å²) in [7, 11) is 0. The summed E-state index contributed by atoms with van der Waals surface area (Å²) in [5.41, 5.74) is 2.75. The van der Waals surface area contributed by atoms with E-state index < -0.39 is 0 Å². The van der Waals surface area contributed by atoms with E-state index >= 15 is 0 Å². The highest BCUT2D eigenvalue weighted by Gasteiger charge is 2.02. The van der Waals surface area contributed by atoms with Crippen LogP contribution in [0.2, 0.25) is 0 Å². The minimum Gasteiger partial charge on any atom is -0.380 e. The first kappa shape index (κ1) is 13.7. The molecule has 0 atom stereocenters. The Hall–Kier alpha value is -2.27. The van der Waals surface area contributed by atoms with Crippen molar-refractivity contribution in [2.75, 3.05) is 5.32 Å². The largest absolute Gasteiger partial charge is 0.380 e. The highest BCUT2D eigenvalue weighted by molar-refractivity contribution is 7.12. The Balaban J connectivity index is 1.65. The molecule has 0 amide bonds. The van der Waals surface area contributed by atoms with Crippen LogP contribution in [0.1, 0.15) is 16.7 Å². The summed E-state index contributed by atoms with van der Waals surface area (Å²) in [6.45, 7) is 3.01. The molecule has 5 heteroatoms. The van der Waals surface area contributed by atoms with E-state index in [0.29, 0.717) is 0 Å². The van der Waals surface area contributed by atoms with Crippen molar-refractivity contribution < 1.29 is 0 Å². The molecule has 0 aliphatic heterocycles. The molecule has 2 aromatic heterocycles. The summed E-state index contributed by atoms with van der Waals surface area (Å²) in [4.78, 5) is 13.9. The number of nitrogens with one attached hydrogen (secondary N) is 3. The van der Waals surface area contributed by atoms with Crippen molar-refractivity contribution in [1.82, 2.24) is 10.2 Å². The normalized spacial score (nSPS) is 10.7. The van der Waals surface area contributed by atoms with Crippen molar-refractivity contribution in [3.63, 3.8) is 0 Å². The topological polar surface area (TPSA) is 60.7 Å². The van der Waals surface area contributed by atoms with Crippen molar-refractivity contribution in [2.45, 2.75) is 19.9 Å². The second-order valence-corrected chi connectivity index (χ2v) is 6.08. The van der Waals surface area contributed by atoms with Crippen LogP contribution in [0.25, 0.3) is 11.3 Å². The fourth-order valence-electron chi connectivity index (χ4n) is 2.15. The lowest BCUT2D eigenvalue weighted by atomic mass is 10.1. The maximum Gasteiger partial charge on any atom is 0.264 e. The average molecular weight is 299 g/mol. The minimum atomic E-state index is -0.114. The zero-order valence-electron chi connectivity index (χ0n) is 11.8. The van der Waals surface area contributed by atoms with Crippen molar-refractivity contribution in [2.24, 2.45) is 0 Å². The van der Waals surface area contributed by atoms with Gasteiger partial charge in [-0.1, -0.05) is 19.1 Å². The van der Waals surface area contributed by atoms with Crippen molar-refractivity contribution in [3.05, 3.63) is 62.6 Å². The first-order valence-electron chi connectivity index (χ1n) is 6.94. The Morgan fingerprint density at radius 3 is 2.43 bits per heavy atom. The van der Waals surface area contributed by atoms with Crippen LogP contribution in [-0.4, -0.2) is 10.2 Å². The van der Waals surface area contributed by atoms with Gasteiger partial charge in [0.1, 0.15) is 0 Å². The van der Waals surface area contributed by atoms with Gasteiger partial charge in [-0.25, -0.2) is 0 Å². The van der Waals surface area contributed by atoms with Crippen molar-refractivity contribution >= 4 is 17.0 Å². The smallest absolute Gasteiger partial charge is 0.264 e. The quantitative estimate of drug-likeness (QED) is 0.674. The minimum absolute atomic E-state index is 0.114. The Morgan fingerprint density at radius 2 is 1.81 bits per heavy atom. The van der Waals surface area contributed by atoms with E-state index in [1.807, 2.05) is 35.6 Å². The number of hydrogen-bond donors (Lipinski definition) is 3. The molecule has 0 saturated carbocycles. The molecule has 4 nitrogen and oxygen atoms in total. The molecule has 0 spiro atoms. The highest BCUT2D eigenvalue weighted by atomic mass is 32.1. The van der Waals surface area contributed by atoms with Crippen LogP contribution in [-0.2, 0) is 13.0 Å². The van der Waals surface area contributed by atoms with Crippen LogP contribution >= 0.6 is 11.3 Å². The Labute approximate surface area is 126 Å². The van der Waals surface area contributed by atoms with Gasteiger partial charge in [0, 0.05) is 28.1 Å². The maximum absolute atomic E-state index is 11.1. The number of rotatable bonds is 5. The fraction of sp³-hybridized carbons (Fsp3) is 0.188. The van der Waals surface area contributed by atoms with Gasteiger partial charge < -0.3 is 5.32 Å². The van der Waals surface area contributed by atoms with E-state index in [4.69, 9.17) is 0 Å². The SMILES string of the molecule is CCc1ccc(CNc2ccc(-c3cc(=O)[nH][nH]3)cc2)s1. The number of aryl methyl sites for hydroxylation is 1. The van der Waals surface area contributed by atoms with E-state index in [1.165, 1.54) is 9.75 Å². The highest BCUT2D eigenvalue weighted by Crippen LogP contribution is 2.21. The van der Waals surface area contributed by atoms with E-state index in [9.17, 15) is 4.79 Å². The second-order valence-electron chi connectivity index (χ2n) is 4.82. The third-order valence-electron chi connectivity index (χ3n) is 3.32. The van der Waals surface area contributed by atoms with Gasteiger partial charge in [0.25, 0.3) is 5.56 Å². The van der Waals surface area contributed by atoms with Gasteiger partial charge in [0.15, 0.2) is 0 Å². The Bertz CT molecular complexity index is 767. The van der Waals surface area contributed by atoms with Gasteiger partial charge in [-0.15, -0.1) is 11.3 Å². The molecule has 2 heterocycles. The molecule has 0 saturated heterocycles. The van der Waals surface area contributed by atoms with Crippen LogP contribution < -0.4 is 10.9 Å². The molecule has 1 aromatic carbocycles. The van der Waals surface area contributed by atoms with Crippen LogP contribution in [0.4, 0.5) is 5.69 Å². The molecule has 108 valence electrons. The van der Waals surface area contributed by atoms with Crippen LogP contribution in [0.3, 0.4) is 0 Å². The van der Waals surface area contributed by atoms with E-state index in [-0.39, 0.29) is 5.56 Å². The van der Waals surface area contributed by atoms with E-state index in [0.717, 1.165) is 29.9 Å². The Kier molecular flexibility index (Phi) is 3.92. The number of thiophene rings is 1. The fourth-order valence-corrected chi connectivity index (χ4v) is 3.05. The van der Waals surface area contributed by atoms with Gasteiger partial charge in [-0.05, 0) is 36.2 Å². The molecule has 3 aromatic rings. The third-order valence-corrected chi connectivity index (χ3v) is 4.55. The number of anilines is 1. The monoisotopic (exact) mass is 299 g/mol. The second kappa shape index (κ2) is 6.01. The summed E-state index contributed by atoms with van der Waals surface area (Å²) in [5.74, 6) is 0. The predicted octanol–water partition coefficient (Wildman–Crippen LogP) is 3.61. The molecular formula is C16H17N3OS. The number of hydrogen-bond acceptors (Lipinski definition) is 3. The third kappa shape index (κ3) is 3.25. The number of benzene rings is 1. The lowest BCUT2D eigenvalue weighted by Gasteiger charge is -2.05. The first-order valence-corrected chi connectivity index (χ1v) is 7.76. The summed E-state index contributed by atoms with van der Waals surface area (Å²) in [5, 5.41) is 8.81. The molecule has 0 fully saturated rings. The molecule has 0 aliphatic carbocycles. The van der Waals surface area contributed by atoms with Gasteiger partial charge >= 0.3 is 0 Å². The summed E-state index contributed by atoms with van der Waals surface area (Å²) >= 11 is 1.85. The van der Waals surface area contributed by atoms with Crippen LogP contribution in [0.5, 0.6) is 0 Å². The van der Waals surface area contributed by atoms with Crippen molar-refractivity contribution in [3.8, 4) is 11.3 Å². The van der Waals surface area contributed by atoms with Gasteiger partial charge in [-0.3, -0.25) is 15.0 Å². The van der Waals surface area contributed by atoms with Gasteiger partial charge in [-0.2, -0.15) is 0 Å². The molecular weight excluding hydrogens is 282 g/mol. The lowest BCUT2D eigenvalue weighted by Crippen LogP contribution is -1.96. The number of aromatic nitrogens is 2. The molecule has 0 unspecified atom stereocenters. The molecule has 0 bridgehead atoms. The predicted molar refractivity (Wildman–Crippen MR) is 87.9 cm³/mol. The van der Waals surface area contributed by atoms with Crippen molar-refractivity contribution in [1.29, 1.82) is 0 Å². The Morgan fingerprint density at radius 1 is 1.05 bits per heavy atom. The summed E-state index contributed by atoms with van der Waals surface area (Å²) in [6, 6.07) is 14.0. The number of H-pyrrole nitrogens is 2. The summed E-state index contributed by atoms with van der Waals surface area (Å²) < 4.78 is 0. The number of aromatic amines is 2. The summed E-state index contributed by atoms with van der Waals surface area (Å²) in [6.07, 6.45) is 1.09. The molecule has 3 rings (SSSR count). The van der Waals surface area contributed by atoms with Gasteiger partial charge in [0.05, 0.1) is 5.69 Å². The zero-order chi connectivity index (χ0) is 14.7. The van der Waals surface area contributed by atoms with E-state index in [1.54, 1.807) is 6.07 Å². The lowest BCUT2D eigenvalue weighted by molar-refractivity contribution is 1.06. The molecule has 3 N–H and O–H groups in total. The van der Waals surface area contributed by atoms with Gasteiger partial charge in [0.2, 0.25) is 0 Å². The van der Waals surface area contributed by atoms with E-state index in [2.05, 4.69) is 34.6 Å². The zero-order valence-corrected chi connectivity index (χ0v) is 12.6. The maximum atomic E-state index is 11.1. The first-order chi connectivity index (χ1) is 10.2. The van der Waals surface area contributed by atoms with Crippen LogP contribution in [0.15, 0.2) is 47.3 Å². The standard InChI is InChI=1S/C16H17N3OS/c1-2-13-7-8-14(21-13)10-17-12-5-3-11(4-6-12)15-9-16(20)19-18-15/h3-9,17H,2,10H2,1H3,(H2,18,19,20). The van der Waals surface area contributed by atoms with Crippen LogP contribution in [0, 0.1) is 0 Å². The average Bonchev–Trinajstić information content (AvgIpc) is 3.14. The molecule has 0 aliphatic rings. The molecule has 0 radical (unpaired) electrons. The molecule has 21 heavy (non-hydrogen) atoms.